The van der Waals surface area contributed by atoms with Gasteiger partial charge in [-0.25, -0.2) is 0 Å². The first-order valence-electron chi connectivity index (χ1n) is 5.56. The van der Waals surface area contributed by atoms with Crippen molar-refractivity contribution in [2.45, 2.75) is 4.90 Å². The van der Waals surface area contributed by atoms with Gasteiger partial charge in [0.2, 0.25) is 11.1 Å². The summed E-state index contributed by atoms with van der Waals surface area (Å²) >= 11 is 5.41. The Morgan fingerprint density at radius 3 is 2.65 bits per heavy atom. The highest BCUT2D eigenvalue weighted by molar-refractivity contribution is 7.87. The summed E-state index contributed by atoms with van der Waals surface area (Å²) in [6.07, 6.45) is 0. The molecule has 2 aromatic rings. The first kappa shape index (κ1) is 14.5. The van der Waals surface area contributed by atoms with Crippen molar-refractivity contribution in [1.82, 2.24) is 0 Å². The average molecular weight is 314 g/mol. The lowest BCUT2D eigenvalue weighted by molar-refractivity contribution is 0.341. The number of aromatic hydroxyl groups is 1. The van der Waals surface area contributed by atoms with Gasteiger partial charge in [-0.15, -0.1) is 11.6 Å². The molecule has 0 heterocycles. The maximum atomic E-state index is 12.0. The monoisotopic (exact) mass is 313 g/mol. The summed E-state index contributed by atoms with van der Waals surface area (Å²) in [4.78, 5) is 2.83. The molecule has 2 rings (SSSR count). The lowest BCUT2D eigenvalue weighted by Crippen LogP contribution is -2.08. The molecule has 0 radical (unpaired) electrons. The summed E-state index contributed by atoms with van der Waals surface area (Å²) in [6.45, 7) is -0.143. The van der Waals surface area contributed by atoms with Gasteiger partial charge in [0.25, 0.3) is 10.1 Å². The molecule has 0 saturated heterocycles. The second kappa shape index (κ2) is 5.63. The zero-order valence-electron chi connectivity index (χ0n) is 10.2. The van der Waals surface area contributed by atoms with Crippen LogP contribution in [-0.4, -0.2) is 26.0 Å². The number of halogens is 1. The number of diazo groups is 1. The smallest absolute Gasteiger partial charge is 0.426 e. The van der Waals surface area contributed by atoms with Gasteiger partial charge in [-0.2, -0.15) is 8.42 Å². The van der Waals surface area contributed by atoms with Crippen LogP contribution in [-0.2, 0) is 14.3 Å². The van der Waals surface area contributed by atoms with Crippen LogP contribution in [0.2, 0.25) is 0 Å². The van der Waals surface area contributed by atoms with E-state index < -0.39 is 10.1 Å². The van der Waals surface area contributed by atoms with Gasteiger partial charge < -0.3 is 5.11 Å². The van der Waals surface area contributed by atoms with E-state index in [0.29, 0.717) is 0 Å². The predicted molar refractivity (Wildman–Crippen MR) is 74.2 cm³/mol. The van der Waals surface area contributed by atoms with Crippen molar-refractivity contribution in [2.75, 3.05) is 12.5 Å². The fourth-order valence-corrected chi connectivity index (χ4v) is 3.10. The second-order valence-corrected chi connectivity index (χ2v) is 5.81. The molecule has 0 bridgehead atoms. The van der Waals surface area contributed by atoms with Gasteiger partial charge in [0, 0.05) is 22.7 Å². The van der Waals surface area contributed by atoms with E-state index in [1.807, 2.05) is 0 Å². The number of phenolic OH excluding ortho intramolecular Hbond substituents is 1. The molecular formula is C12H10ClN2O4S+. The lowest BCUT2D eigenvalue weighted by atomic mass is 10.1. The summed E-state index contributed by atoms with van der Waals surface area (Å²) in [7, 11) is -3.97. The normalized spacial score (nSPS) is 11.4. The van der Waals surface area contributed by atoms with Crippen LogP contribution in [0.4, 0.5) is 5.69 Å². The van der Waals surface area contributed by atoms with Crippen LogP contribution in [0.3, 0.4) is 0 Å². The Kier molecular flexibility index (Phi) is 4.09. The Balaban J connectivity index is 2.68. The van der Waals surface area contributed by atoms with E-state index in [9.17, 15) is 13.5 Å². The Bertz CT molecular complexity index is 799. The Hall–Kier alpha value is -1.88. The zero-order chi connectivity index (χ0) is 14.8. The minimum atomic E-state index is -3.97. The number of benzene rings is 2. The highest BCUT2D eigenvalue weighted by atomic mass is 35.5. The Morgan fingerprint density at radius 2 is 2.00 bits per heavy atom. The number of rotatable bonds is 4. The molecule has 104 valence electrons. The molecule has 0 spiro atoms. The van der Waals surface area contributed by atoms with Crippen molar-refractivity contribution in [3.8, 4) is 5.75 Å². The largest absolute Gasteiger partial charge is 0.501 e. The van der Waals surface area contributed by atoms with Crippen LogP contribution >= 0.6 is 11.6 Å². The minimum Gasteiger partial charge on any atom is -0.501 e. The van der Waals surface area contributed by atoms with E-state index in [4.69, 9.17) is 21.2 Å². The van der Waals surface area contributed by atoms with Crippen molar-refractivity contribution in [2.24, 2.45) is 0 Å². The maximum Gasteiger partial charge on any atom is 0.426 e. The summed E-state index contributed by atoms with van der Waals surface area (Å²) in [5.74, 6) is -0.262. The minimum absolute atomic E-state index is 0.0444. The molecule has 1 N–H and O–H groups in total. The molecule has 6 nitrogen and oxygen atoms in total. The second-order valence-electron chi connectivity index (χ2n) is 3.85. The van der Waals surface area contributed by atoms with Gasteiger partial charge in [-0.1, -0.05) is 12.1 Å². The number of hydrogen-bond donors (Lipinski definition) is 1. The molecule has 0 aliphatic heterocycles. The van der Waals surface area contributed by atoms with Crippen LogP contribution in [0.15, 0.2) is 35.2 Å². The van der Waals surface area contributed by atoms with E-state index in [1.165, 1.54) is 30.3 Å². The number of fused-ring (bicyclic) bond motifs is 1. The molecule has 0 aromatic heterocycles. The van der Waals surface area contributed by atoms with Gasteiger partial charge in [0.1, 0.15) is 4.90 Å². The van der Waals surface area contributed by atoms with Crippen molar-refractivity contribution in [1.29, 1.82) is 5.39 Å². The van der Waals surface area contributed by atoms with Crippen molar-refractivity contribution < 1.29 is 17.7 Å². The molecule has 0 aliphatic carbocycles. The third-order valence-corrected chi connectivity index (χ3v) is 4.19. The van der Waals surface area contributed by atoms with Crippen LogP contribution in [0.5, 0.6) is 5.75 Å². The molecule has 0 fully saturated rings. The highest BCUT2D eigenvalue weighted by Gasteiger charge is 2.23. The fraction of sp³-hybridized carbons (Fsp3) is 0.167. The molecule has 0 saturated carbocycles. The highest BCUT2D eigenvalue weighted by Crippen LogP contribution is 2.37. The Morgan fingerprint density at radius 1 is 1.25 bits per heavy atom. The van der Waals surface area contributed by atoms with E-state index in [0.717, 1.165) is 0 Å². The van der Waals surface area contributed by atoms with Crippen LogP contribution in [0, 0.1) is 5.39 Å². The first-order valence-corrected chi connectivity index (χ1v) is 7.50. The van der Waals surface area contributed by atoms with E-state index in [2.05, 4.69) is 4.98 Å². The molecule has 2 aromatic carbocycles. The maximum absolute atomic E-state index is 12.0. The van der Waals surface area contributed by atoms with Crippen LogP contribution in [0.1, 0.15) is 0 Å². The van der Waals surface area contributed by atoms with E-state index >= 15 is 0 Å². The topological polar surface area (TPSA) is 91.8 Å². The summed E-state index contributed by atoms with van der Waals surface area (Å²) < 4.78 is 28.8. The van der Waals surface area contributed by atoms with Crippen LogP contribution < -0.4 is 0 Å². The van der Waals surface area contributed by atoms with Gasteiger partial charge >= 0.3 is 5.69 Å². The third kappa shape index (κ3) is 2.54. The molecule has 20 heavy (non-hydrogen) atoms. The fourth-order valence-electron chi connectivity index (χ4n) is 1.80. The standard InChI is InChI=1S/C12H9ClN2O4S/c13-6-7-19-20(17,18)11-3-1-2-9-8(11)4-5-10(15-14)12(9)16/h1-5H,6-7H2/p+1. The van der Waals surface area contributed by atoms with E-state index in [1.54, 1.807) is 0 Å². The molecular weight excluding hydrogens is 304 g/mol. The van der Waals surface area contributed by atoms with Crippen LogP contribution in [0.25, 0.3) is 15.7 Å². The predicted octanol–water partition coefficient (Wildman–Crippen LogP) is 2.97. The molecule has 8 heteroatoms. The molecule has 0 atom stereocenters. The third-order valence-electron chi connectivity index (χ3n) is 2.66. The van der Waals surface area contributed by atoms with Gasteiger partial charge in [-0.3, -0.25) is 4.18 Å². The van der Waals surface area contributed by atoms with Crippen molar-refractivity contribution in [3.05, 3.63) is 35.3 Å². The average Bonchev–Trinajstić information content (AvgIpc) is 2.45. The Labute approximate surface area is 120 Å². The number of alkyl halides is 1. The lowest BCUT2D eigenvalue weighted by Gasteiger charge is -2.07. The van der Waals surface area contributed by atoms with E-state index in [-0.39, 0.29) is 39.6 Å². The summed E-state index contributed by atoms with van der Waals surface area (Å²) in [6, 6.07) is 7.07. The number of hydrogen-bond acceptors (Lipinski definition) is 5. The zero-order valence-corrected chi connectivity index (χ0v) is 11.7. The van der Waals surface area contributed by atoms with Gasteiger partial charge in [0.05, 0.1) is 6.61 Å². The molecule has 0 amide bonds. The van der Waals surface area contributed by atoms with Crippen molar-refractivity contribution in [3.63, 3.8) is 0 Å². The first-order chi connectivity index (χ1) is 9.51. The summed E-state index contributed by atoms with van der Waals surface area (Å²) in [5, 5.41) is 19.2. The molecule has 0 unspecified atom stereocenters. The summed E-state index contributed by atoms with van der Waals surface area (Å²) in [5.41, 5.74) is -0.0475. The molecule has 0 aliphatic rings. The SMILES string of the molecule is N#[N+]c1ccc2c(S(=O)(=O)OCCCl)cccc2c1O. The number of phenols is 1. The number of nitrogens with zero attached hydrogens (tertiary/aromatic N) is 2. The van der Waals surface area contributed by atoms with Gasteiger partial charge in [-0.05, 0) is 12.1 Å². The van der Waals surface area contributed by atoms with Crippen molar-refractivity contribution >= 4 is 38.2 Å². The quantitative estimate of drug-likeness (QED) is 0.532. The van der Waals surface area contributed by atoms with Gasteiger partial charge in [0.15, 0.2) is 4.98 Å².